The molecule has 0 bridgehead atoms. The summed E-state index contributed by atoms with van der Waals surface area (Å²) in [5.74, 6) is 0.873. The molecule has 0 heterocycles. The van der Waals surface area contributed by atoms with Crippen molar-refractivity contribution < 1.29 is 9.53 Å². The lowest BCUT2D eigenvalue weighted by molar-refractivity contribution is -0.121. The first-order valence-electron chi connectivity index (χ1n) is 7.49. The van der Waals surface area contributed by atoms with Gasteiger partial charge < -0.3 is 10.1 Å². The van der Waals surface area contributed by atoms with E-state index < -0.39 is 0 Å². The van der Waals surface area contributed by atoms with Crippen molar-refractivity contribution in [2.24, 2.45) is 0 Å². The summed E-state index contributed by atoms with van der Waals surface area (Å²) in [5.41, 5.74) is 4.38. The molecule has 0 aliphatic rings. The van der Waals surface area contributed by atoms with E-state index in [1.54, 1.807) is 7.11 Å². The van der Waals surface area contributed by atoms with E-state index in [2.05, 4.69) is 24.4 Å². The van der Waals surface area contributed by atoms with Gasteiger partial charge >= 0.3 is 0 Å². The van der Waals surface area contributed by atoms with Crippen LogP contribution in [0.2, 0.25) is 0 Å². The van der Waals surface area contributed by atoms with E-state index in [1.165, 1.54) is 5.56 Å². The second kappa shape index (κ2) is 7.12. The molecule has 0 saturated carbocycles. The van der Waals surface area contributed by atoms with E-state index in [0.717, 1.165) is 22.4 Å². The highest BCUT2D eigenvalue weighted by molar-refractivity contribution is 5.79. The van der Waals surface area contributed by atoms with Gasteiger partial charge in [0.1, 0.15) is 5.75 Å². The number of nitrogens with one attached hydrogen (secondary N) is 1. The highest BCUT2D eigenvalue weighted by Gasteiger charge is 2.12. The summed E-state index contributed by atoms with van der Waals surface area (Å²) in [7, 11) is 1.65. The molecule has 0 aromatic heterocycles. The minimum absolute atomic E-state index is 0.00745. The number of carbonyl (C=O) groups is 1. The van der Waals surface area contributed by atoms with Gasteiger partial charge in [0, 0.05) is 0 Å². The lowest BCUT2D eigenvalue weighted by atomic mass is 10.0. The third kappa shape index (κ3) is 3.88. The number of methoxy groups -OCH3 is 1. The summed E-state index contributed by atoms with van der Waals surface area (Å²) < 4.78 is 5.24. The molecule has 0 aliphatic heterocycles. The van der Waals surface area contributed by atoms with Crippen LogP contribution in [-0.2, 0) is 11.2 Å². The molecule has 3 nitrogen and oxygen atoms in total. The van der Waals surface area contributed by atoms with Crippen molar-refractivity contribution >= 4 is 5.91 Å². The summed E-state index contributed by atoms with van der Waals surface area (Å²) in [4.78, 5) is 12.2. The van der Waals surface area contributed by atoms with Crippen molar-refractivity contribution in [1.29, 1.82) is 0 Å². The quantitative estimate of drug-likeness (QED) is 0.913. The van der Waals surface area contributed by atoms with Gasteiger partial charge in [-0.05, 0) is 49.1 Å². The molecule has 0 radical (unpaired) electrons. The Balaban J connectivity index is 2.01. The van der Waals surface area contributed by atoms with Crippen molar-refractivity contribution in [3.8, 4) is 5.75 Å². The molecule has 2 aromatic carbocycles. The molecule has 3 heteroatoms. The summed E-state index contributed by atoms with van der Waals surface area (Å²) in [6, 6.07) is 14.0. The number of benzene rings is 2. The zero-order chi connectivity index (χ0) is 16.1. The Morgan fingerprint density at radius 2 is 1.86 bits per heavy atom. The van der Waals surface area contributed by atoms with E-state index in [-0.39, 0.29) is 11.9 Å². The second-order valence-electron chi connectivity index (χ2n) is 5.63. The summed E-state index contributed by atoms with van der Waals surface area (Å²) in [6.07, 6.45) is 0.376. The topological polar surface area (TPSA) is 38.3 Å². The molecule has 1 amide bonds. The number of hydrogen-bond acceptors (Lipinski definition) is 2. The molecule has 0 fully saturated rings. The van der Waals surface area contributed by atoms with Crippen LogP contribution in [0.25, 0.3) is 0 Å². The van der Waals surface area contributed by atoms with Gasteiger partial charge in [-0.1, -0.05) is 36.4 Å². The van der Waals surface area contributed by atoms with Gasteiger partial charge in [0.2, 0.25) is 5.91 Å². The highest BCUT2D eigenvalue weighted by Crippen LogP contribution is 2.20. The van der Waals surface area contributed by atoms with Gasteiger partial charge in [-0.2, -0.15) is 0 Å². The zero-order valence-electron chi connectivity index (χ0n) is 13.6. The van der Waals surface area contributed by atoms with Crippen LogP contribution >= 0.6 is 0 Å². The number of hydrogen-bond donors (Lipinski definition) is 1. The fourth-order valence-corrected chi connectivity index (χ4v) is 2.68. The summed E-state index contributed by atoms with van der Waals surface area (Å²) in [6.45, 7) is 6.06. The second-order valence-corrected chi connectivity index (χ2v) is 5.63. The Labute approximate surface area is 132 Å². The Morgan fingerprint density at radius 1 is 1.14 bits per heavy atom. The van der Waals surface area contributed by atoms with Gasteiger partial charge in [0.15, 0.2) is 0 Å². The smallest absolute Gasteiger partial charge is 0.224 e. The van der Waals surface area contributed by atoms with Crippen LogP contribution < -0.4 is 10.1 Å². The van der Waals surface area contributed by atoms with Crippen LogP contribution in [-0.4, -0.2) is 13.0 Å². The molecule has 116 valence electrons. The molecule has 1 N–H and O–H groups in total. The van der Waals surface area contributed by atoms with Gasteiger partial charge in [-0.25, -0.2) is 0 Å². The fourth-order valence-electron chi connectivity index (χ4n) is 2.68. The predicted molar refractivity (Wildman–Crippen MR) is 89.2 cm³/mol. The van der Waals surface area contributed by atoms with Crippen molar-refractivity contribution in [3.63, 3.8) is 0 Å². The zero-order valence-corrected chi connectivity index (χ0v) is 13.6. The van der Waals surface area contributed by atoms with Crippen molar-refractivity contribution in [1.82, 2.24) is 5.32 Å². The molecule has 0 saturated heterocycles. The number of ether oxygens (including phenoxy) is 1. The maximum Gasteiger partial charge on any atom is 0.224 e. The standard InChI is InChI=1S/C19H23NO2/c1-13-7-5-6-8-17(13)15(3)20-19(21)12-16-9-10-18(22-4)14(2)11-16/h5-11,15H,12H2,1-4H3,(H,20,21)/t15-/m1/s1. The molecule has 0 spiro atoms. The number of aryl methyl sites for hydroxylation is 2. The molecule has 0 aliphatic carbocycles. The van der Waals surface area contributed by atoms with E-state index in [9.17, 15) is 4.79 Å². The van der Waals surface area contributed by atoms with E-state index in [1.807, 2.05) is 44.2 Å². The van der Waals surface area contributed by atoms with Crippen LogP contribution in [0.5, 0.6) is 5.75 Å². The molecular weight excluding hydrogens is 274 g/mol. The largest absolute Gasteiger partial charge is 0.496 e. The molecule has 1 atom stereocenters. The fraction of sp³-hybridized carbons (Fsp3) is 0.316. The van der Waals surface area contributed by atoms with Gasteiger partial charge in [-0.15, -0.1) is 0 Å². The lowest BCUT2D eigenvalue weighted by Crippen LogP contribution is -2.28. The average molecular weight is 297 g/mol. The monoisotopic (exact) mass is 297 g/mol. The van der Waals surface area contributed by atoms with Gasteiger partial charge in [-0.3, -0.25) is 4.79 Å². The third-order valence-corrected chi connectivity index (χ3v) is 3.86. The summed E-state index contributed by atoms with van der Waals surface area (Å²) >= 11 is 0. The third-order valence-electron chi connectivity index (χ3n) is 3.86. The van der Waals surface area contributed by atoms with Crippen molar-refractivity contribution in [2.75, 3.05) is 7.11 Å². The lowest BCUT2D eigenvalue weighted by Gasteiger charge is -2.17. The summed E-state index contributed by atoms with van der Waals surface area (Å²) in [5, 5.41) is 3.06. The Morgan fingerprint density at radius 3 is 2.50 bits per heavy atom. The predicted octanol–water partition coefficient (Wildman–Crippen LogP) is 3.73. The van der Waals surface area contributed by atoms with E-state index in [0.29, 0.717) is 6.42 Å². The molecule has 2 aromatic rings. The minimum atomic E-state index is 0.00745. The number of rotatable bonds is 5. The SMILES string of the molecule is COc1ccc(CC(=O)N[C@H](C)c2ccccc2C)cc1C. The Bertz CT molecular complexity index is 664. The normalized spacial score (nSPS) is 11.8. The molecule has 22 heavy (non-hydrogen) atoms. The maximum atomic E-state index is 12.2. The van der Waals surface area contributed by atoms with Crippen LogP contribution in [0.3, 0.4) is 0 Å². The first-order chi connectivity index (χ1) is 10.5. The Hall–Kier alpha value is -2.29. The first kappa shape index (κ1) is 16.1. The maximum absolute atomic E-state index is 12.2. The average Bonchev–Trinajstić information content (AvgIpc) is 2.47. The van der Waals surface area contributed by atoms with Gasteiger partial charge in [0.05, 0.1) is 19.6 Å². The van der Waals surface area contributed by atoms with Crippen molar-refractivity contribution in [3.05, 3.63) is 64.7 Å². The first-order valence-corrected chi connectivity index (χ1v) is 7.49. The van der Waals surface area contributed by atoms with Crippen LogP contribution in [0.4, 0.5) is 0 Å². The number of carbonyl (C=O) groups excluding carboxylic acids is 1. The van der Waals surface area contributed by atoms with E-state index in [4.69, 9.17) is 4.74 Å². The van der Waals surface area contributed by atoms with Crippen molar-refractivity contribution in [2.45, 2.75) is 33.2 Å². The van der Waals surface area contributed by atoms with Gasteiger partial charge in [0.25, 0.3) is 0 Å². The molecule has 0 unspecified atom stereocenters. The minimum Gasteiger partial charge on any atom is -0.496 e. The highest BCUT2D eigenvalue weighted by atomic mass is 16.5. The Kier molecular flexibility index (Phi) is 5.21. The molecule has 2 rings (SSSR count). The van der Waals surface area contributed by atoms with Crippen LogP contribution in [0.1, 0.15) is 35.2 Å². The van der Waals surface area contributed by atoms with E-state index >= 15 is 0 Å². The van der Waals surface area contributed by atoms with Crippen LogP contribution in [0, 0.1) is 13.8 Å². The molecular formula is C19H23NO2. The number of amides is 1. The van der Waals surface area contributed by atoms with Crippen LogP contribution in [0.15, 0.2) is 42.5 Å².